The molecule has 12 heteroatoms. The molecule has 2 N–H and O–H groups in total. The third-order valence-electron chi connectivity index (χ3n) is 5.07. The number of nitrogens with one attached hydrogen (secondary N) is 2. The highest BCUT2D eigenvalue weighted by atomic mass is 35.5. The summed E-state index contributed by atoms with van der Waals surface area (Å²) in [5.74, 6) is 0.256. The average molecular weight is 574 g/mol. The highest BCUT2D eigenvalue weighted by Gasteiger charge is 2.15. The van der Waals surface area contributed by atoms with Crippen molar-refractivity contribution >= 4 is 69.3 Å². The number of hydrogen-bond donors (Lipinski definition) is 2. The summed E-state index contributed by atoms with van der Waals surface area (Å²) in [7, 11) is 0. The molecule has 2 aromatic heterocycles. The average Bonchev–Trinajstić information content (AvgIpc) is 3.52. The quantitative estimate of drug-likeness (QED) is 0.184. The zero-order valence-electron chi connectivity index (χ0n) is 19.6. The smallest absolute Gasteiger partial charge is 0.244 e. The van der Waals surface area contributed by atoms with E-state index in [4.69, 9.17) is 23.2 Å². The Kier molecular flexibility index (Phi) is 9.34. The van der Waals surface area contributed by atoms with Crippen molar-refractivity contribution < 1.29 is 9.59 Å². The van der Waals surface area contributed by atoms with Gasteiger partial charge in [-0.3, -0.25) is 9.59 Å². The topological polar surface area (TPSA) is 102 Å². The first-order valence-electron chi connectivity index (χ1n) is 11.2. The van der Waals surface area contributed by atoms with Crippen LogP contribution in [0.5, 0.6) is 0 Å². The molecule has 0 atom stereocenters. The summed E-state index contributed by atoms with van der Waals surface area (Å²) in [4.78, 5) is 29.2. The maximum atomic E-state index is 12.5. The molecule has 0 bridgehead atoms. The third-order valence-corrected chi connectivity index (χ3v) is 7.39. The number of anilines is 1. The first kappa shape index (κ1) is 26.9. The van der Waals surface area contributed by atoms with Crippen LogP contribution in [0.2, 0.25) is 10.0 Å². The minimum Gasteiger partial charge on any atom is -0.345 e. The van der Waals surface area contributed by atoms with E-state index in [0.717, 1.165) is 16.8 Å². The fraction of sp³-hybridized carbons (Fsp3) is 0.160. The molecule has 0 aliphatic heterocycles. The molecular formula is C25H22Cl2N6O2S2. The molecule has 0 fully saturated rings. The molecule has 0 spiro atoms. The van der Waals surface area contributed by atoms with E-state index in [2.05, 4.69) is 25.8 Å². The standard InChI is InChI=1S/C25H22Cl2N6O2S2/c1-2-33-21(13-28-22(34)12-9-16-5-3-4-6-19(16)27)31-32-25(33)37-15-23(35)30-24-29-20(14-36-24)17-7-10-18(26)11-8-17/h3-12,14H,2,13,15H2,1H3,(H,28,34)(H,29,30,35)/b12-9+. The van der Waals surface area contributed by atoms with Gasteiger partial charge in [-0.25, -0.2) is 4.98 Å². The van der Waals surface area contributed by atoms with Crippen molar-refractivity contribution in [3.05, 3.63) is 81.4 Å². The minimum absolute atomic E-state index is 0.140. The van der Waals surface area contributed by atoms with E-state index in [9.17, 15) is 9.59 Å². The normalized spacial score (nSPS) is 11.1. The molecule has 0 unspecified atom stereocenters. The Bertz CT molecular complexity index is 1420. The number of benzene rings is 2. The van der Waals surface area contributed by atoms with Crippen LogP contribution in [0.4, 0.5) is 5.13 Å². The Hall–Kier alpha value is -3.18. The van der Waals surface area contributed by atoms with Gasteiger partial charge in [0.25, 0.3) is 0 Å². The molecule has 4 rings (SSSR count). The van der Waals surface area contributed by atoms with Crippen LogP contribution >= 0.6 is 46.3 Å². The fourth-order valence-corrected chi connectivity index (χ4v) is 5.13. The van der Waals surface area contributed by atoms with Crippen molar-refractivity contribution in [2.45, 2.75) is 25.2 Å². The summed E-state index contributed by atoms with van der Waals surface area (Å²) < 4.78 is 1.86. The molecule has 37 heavy (non-hydrogen) atoms. The van der Waals surface area contributed by atoms with Gasteiger partial charge in [0.2, 0.25) is 11.8 Å². The lowest BCUT2D eigenvalue weighted by atomic mass is 10.2. The van der Waals surface area contributed by atoms with Crippen molar-refractivity contribution in [2.75, 3.05) is 11.1 Å². The van der Waals surface area contributed by atoms with E-state index < -0.39 is 0 Å². The van der Waals surface area contributed by atoms with Gasteiger partial charge in [-0.1, -0.05) is 65.3 Å². The van der Waals surface area contributed by atoms with Gasteiger partial charge in [0.05, 0.1) is 18.0 Å². The highest BCUT2D eigenvalue weighted by Crippen LogP contribution is 2.26. The number of thioether (sulfide) groups is 1. The zero-order chi connectivity index (χ0) is 26.2. The molecule has 8 nitrogen and oxygen atoms in total. The number of rotatable bonds is 10. The van der Waals surface area contributed by atoms with Crippen LogP contribution in [0.3, 0.4) is 0 Å². The second kappa shape index (κ2) is 12.9. The number of halogens is 2. The SMILES string of the molecule is CCn1c(CNC(=O)/C=C/c2ccccc2Cl)nnc1SCC(=O)Nc1nc(-c2ccc(Cl)cc2)cs1. The lowest BCUT2D eigenvalue weighted by Crippen LogP contribution is -2.22. The van der Waals surface area contributed by atoms with E-state index in [0.29, 0.717) is 32.7 Å². The van der Waals surface area contributed by atoms with Gasteiger partial charge in [-0.05, 0) is 36.8 Å². The minimum atomic E-state index is -0.277. The maximum Gasteiger partial charge on any atom is 0.244 e. The van der Waals surface area contributed by atoms with Crippen LogP contribution < -0.4 is 10.6 Å². The summed E-state index contributed by atoms with van der Waals surface area (Å²) in [6.07, 6.45) is 3.08. The Labute approximate surface area is 232 Å². The van der Waals surface area contributed by atoms with E-state index >= 15 is 0 Å². The number of carbonyl (C=O) groups excluding carboxylic acids is 2. The molecule has 4 aromatic rings. The molecule has 2 amide bonds. The summed E-state index contributed by atoms with van der Waals surface area (Å²) in [5.41, 5.74) is 2.45. The second-order valence-corrected chi connectivity index (χ2v) is 10.2. The monoisotopic (exact) mass is 572 g/mol. The van der Waals surface area contributed by atoms with E-state index in [1.54, 1.807) is 24.3 Å². The first-order valence-corrected chi connectivity index (χ1v) is 13.8. The van der Waals surface area contributed by atoms with Crippen LogP contribution in [0.1, 0.15) is 18.3 Å². The Balaban J connectivity index is 1.28. The summed E-state index contributed by atoms with van der Waals surface area (Å²) in [6.45, 7) is 2.74. The molecule has 0 aliphatic rings. The number of aromatic nitrogens is 4. The number of thiazole rings is 1. The highest BCUT2D eigenvalue weighted by molar-refractivity contribution is 7.99. The first-order chi connectivity index (χ1) is 17.9. The molecule has 190 valence electrons. The van der Waals surface area contributed by atoms with Crippen LogP contribution in [-0.4, -0.2) is 37.3 Å². The predicted octanol–water partition coefficient (Wildman–Crippen LogP) is 5.79. The van der Waals surface area contributed by atoms with Crippen LogP contribution in [0, 0.1) is 0 Å². The molecule has 0 radical (unpaired) electrons. The van der Waals surface area contributed by atoms with Gasteiger partial charge in [0, 0.05) is 33.6 Å². The van der Waals surface area contributed by atoms with Gasteiger partial charge in [-0.2, -0.15) is 0 Å². The van der Waals surface area contributed by atoms with E-state index in [-0.39, 0.29) is 24.1 Å². The second-order valence-electron chi connectivity index (χ2n) is 7.60. The fourth-order valence-electron chi connectivity index (χ4n) is 3.24. The summed E-state index contributed by atoms with van der Waals surface area (Å²) in [5, 5.41) is 18.2. The van der Waals surface area contributed by atoms with Crippen LogP contribution in [-0.2, 0) is 22.7 Å². The number of nitrogens with zero attached hydrogens (tertiary/aromatic N) is 4. The van der Waals surface area contributed by atoms with Crippen molar-refractivity contribution in [3.63, 3.8) is 0 Å². The van der Waals surface area contributed by atoms with E-state index in [1.165, 1.54) is 29.2 Å². The lowest BCUT2D eigenvalue weighted by molar-refractivity contribution is -0.116. The lowest BCUT2D eigenvalue weighted by Gasteiger charge is -2.07. The molecule has 0 saturated carbocycles. The number of hydrogen-bond acceptors (Lipinski definition) is 7. The zero-order valence-corrected chi connectivity index (χ0v) is 22.8. The van der Waals surface area contributed by atoms with Gasteiger partial charge in [-0.15, -0.1) is 21.5 Å². The Morgan fingerprint density at radius 1 is 1.11 bits per heavy atom. The number of amides is 2. The van der Waals surface area contributed by atoms with Crippen molar-refractivity contribution in [1.29, 1.82) is 0 Å². The van der Waals surface area contributed by atoms with Crippen molar-refractivity contribution in [2.24, 2.45) is 0 Å². The third kappa shape index (κ3) is 7.42. The maximum absolute atomic E-state index is 12.5. The Morgan fingerprint density at radius 3 is 2.65 bits per heavy atom. The molecule has 0 aliphatic carbocycles. The van der Waals surface area contributed by atoms with Gasteiger partial charge < -0.3 is 15.2 Å². The van der Waals surface area contributed by atoms with E-state index in [1.807, 2.05) is 47.2 Å². The molecule has 2 heterocycles. The van der Waals surface area contributed by atoms with Gasteiger partial charge >= 0.3 is 0 Å². The molecule has 0 saturated heterocycles. The molecule has 2 aromatic carbocycles. The van der Waals surface area contributed by atoms with Gasteiger partial charge in [0.15, 0.2) is 16.1 Å². The largest absolute Gasteiger partial charge is 0.345 e. The summed E-state index contributed by atoms with van der Waals surface area (Å²) >= 11 is 14.7. The Morgan fingerprint density at radius 2 is 1.89 bits per heavy atom. The number of carbonyl (C=O) groups is 2. The van der Waals surface area contributed by atoms with Crippen molar-refractivity contribution in [3.8, 4) is 11.3 Å². The van der Waals surface area contributed by atoms with Crippen LogP contribution in [0.25, 0.3) is 17.3 Å². The predicted molar refractivity (Wildman–Crippen MR) is 150 cm³/mol. The van der Waals surface area contributed by atoms with Crippen LogP contribution in [0.15, 0.2) is 65.1 Å². The van der Waals surface area contributed by atoms with Gasteiger partial charge in [0.1, 0.15) is 0 Å². The molecular weight excluding hydrogens is 551 g/mol. The van der Waals surface area contributed by atoms with Crippen molar-refractivity contribution in [1.82, 2.24) is 25.1 Å². The summed E-state index contributed by atoms with van der Waals surface area (Å²) in [6, 6.07) is 14.6.